The highest BCUT2D eigenvalue weighted by atomic mass is 32.3. The minimum absolute atomic E-state index is 0.244. The number of methoxy groups -OCH3 is 1. The second kappa shape index (κ2) is 4.45. The molecule has 0 saturated carbocycles. The van der Waals surface area contributed by atoms with Crippen molar-refractivity contribution in [1.29, 1.82) is 0 Å². The molecule has 0 aliphatic carbocycles. The van der Waals surface area contributed by atoms with Crippen LogP contribution < -0.4 is 0 Å². The van der Waals surface area contributed by atoms with Crippen LogP contribution in [0.25, 0.3) is 0 Å². The van der Waals surface area contributed by atoms with Crippen LogP contribution in [0.3, 0.4) is 0 Å². The summed E-state index contributed by atoms with van der Waals surface area (Å²) in [5, 5.41) is 10.6. The van der Waals surface area contributed by atoms with Crippen LogP contribution in [0.4, 0.5) is 9.57 Å². The Hall–Kier alpha value is -2.03. The number of halogens is 1. The third kappa shape index (κ3) is 2.75. The lowest BCUT2D eigenvalue weighted by molar-refractivity contribution is -0.387. The molecule has 7 nitrogen and oxygen atoms in total. The zero-order chi connectivity index (χ0) is 13.2. The van der Waals surface area contributed by atoms with Gasteiger partial charge in [-0.1, -0.05) is 0 Å². The van der Waals surface area contributed by atoms with Gasteiger partial charge in [-0.15, -0.1) is 3.89 Å². The molecule has 1 aromatic rings. The summed E-state index contributed by atoms with van der Waals surface area (Å²) in [7, 11) is -4.17. The molecule has 1 aromatic carbocycles. The fourth-order valence-electron chi connectivity index (χ4n) is 1.11. The topological polar surface area (TPSA) is 104 Å². The highest BCUT2D eigenvalue weighted by Gasteiger charge is 2.26. The van der Waals surface area contributed by atoms with Crippen molar-refractivity contribution in [3.63, 3.8) is 0 Å². The highest BCUT2D eigenvalue weighted by molar-refractivity contribution is 7.86. The van der Waals surface area contributed by atoms with E-state index in [1.165, 1.54) is 0 Å². The van der Waals surface area contributed by atoms with Crippen molar-refractivity contribution in [3.05, 3.63) is 33.9 Å². The molecule has 1 rings (SSSR count). The van der Waals surface area contributed by atoms with Crippen LogP contribution in [0.5, 0.6) is 0 Å². The van der Waals surface area contributed by atoms with E-state index >= 15 is 0 Å². The van der Waals surface area contributed by atoms with Crippen molar-refractivity contribution in [2.45, 2.75) is 4.90 Å². The van der Waals surface area contributed by atoms with Gasteiger partial charge in [-0.3, -0.25) is 10.1 Å². The van der Waals surface area contributed by atoms with E-state index in [0.29, 0.717) is 12.1 Å². The lowest BCUT2D eigenvalue weighted by atomic mass is 10.2. The first-order valence-electron chi connectivity index (χ1n) is 4.09. The summed E-state index contributed by atoms with van der Waals surface area (Å²) in [4.78, 5) is 19.4. The smallest absolute Gasteiger partial charge is 0.338 e. The van der Waals surface area contributed by atoms with E-state index in [1.54, 1.807) is 0 Å². The van der Waals surface area contributed by atoms with E-state index in [9.17, 15) is 27.2 Å². The van der Waals surface area contributed by atoms with Crippen molar-refractivity contribution in [1.82, 2.24) is 0 Å². The van der Waals surface area contributed by atoms with Gasteiger partial charge in [0.2, 0.25) is 0 Å². The number of carbonyl (C=O) groups excluding carboxylic acids is 1. The molecule has 0 amide bonds. The summed E-state index contributed by atoms with van der Waals surface area (Å²) in [5.41, 5.74) is -1.26. The normalized spacial score (nSPS) is 10.9. The maximum Gasteiger partial charge on any atom is 0.338 e. The summed E-state index contributed by atoms with van der Waals surface area (Å²) >= 11 is 0. The van der Waals surface area contributed by atoms with Gasteiger partial charge in [0.1, 0.15) is 0 Å². The number of nitrogens with zero attached hydrogens (tertiary/aromatic N) is 1. The zero-order valence-corrected chi connectivity index (χ0v) is 9.23. The fourth-order valence-corrected chi connectivity index (χ4v) is 1.72. The van der Waals surface area contributed by atoms with E-state index in [4.69, 9.17) is 0 Å². The zero-order valence-electron chi connectivity index (χ0n) is 8.41. The number of rotatable bonds is 3. The molecule has 0 N–H and O–H groups in total. The predicted molar refractivity (Wildman–Crippen MR) is 52.7 cm³/mol. The molecule has 0 fully saturated rings. The van der Waals surface area contributed by atoms with Gasteiger partial charge in [0.25, 0.3) is 5.69 Å². The van der Waals surface area contributed by atoms with Gasteiger partial charge < -0.3 is 4.74 Å². The van der Waals surface area contributed by atoms with Crippen LogP contribution >= 0.6 is 0 Å². The summed E-state index contributed by atoms with van der Waals surface area (Å²) in [6, 6.07) is 2.20. The summed E-state index contributed by atoms with van der Waals surface area (Å²) in [5.74, 6) is -0.893. The molecule has 0 unspecified atom stereocenters. The van der Waals surface area contributed by atoms with Crippen molar-refractivity contribution in [2.75, 3.05) is 7.11 Å². The molecule has 9 heteroatoms. The molecular formula is C8H6FNO6S. The molecule has 0 bridgehead atoms. The minimum atomic E-state index is -5.22. The Bertz CT molecular complexity index is 582. The average Bonchev–Trinajstić information content (AvgIpc) is 2.25. The largest absolute Gasteiger partial charge is 0.465 e. The molecule has 0 radical (unpaired) electrons. The summed E-state index contributed by atoms with van der Waals surface area (Å²) < 4.78 is 38.2. The first-order valence-corrected chi connectivity index (χ1v) is 5.47. The second-order valence-electron chi connectivity index (χ2n) is 2.87. The maximum atomic E-state index is 12.7. The first-order chi connectivity index (χ1) is 7.77. The Labute approximate surface area is 95.2 Å². The molecule has 0 atom stereocenters. The van der Waals surface area contributed by atoms with E-state index in [1.807, 2.05) is 0 Å². The Morgan fingerprint density at radius 2 is 2.06 bits per heavy atom. The van der Waals surface area contributed by atoms with Crippen LogP contribution in [-0.4, -0.2) is 26.4 Å². The van der Waals surface area contributed by atoms with Gasteiger partial charge in [0, 0.05) is 6.07 Å². The molecule has 0 spiro atoms. The second-order valence-corrected chi connectivity index (χ2v) is 4.18. The Morgan fingerprint density at radius 1 is 1.47 bits per heavy atom. The highest BCUT2D eigenvalue weighted by Crippen LogP contribution is 2.26. The van der Waals surface area contributed by atoms with Crippen LogP contribution in [0.2, 0.25) is 0 Å². The quantitative estimate of drug-likeness (QED) is 0.349. The number of hydrogen-bond donors (Lipinski definition) is 0. The van der Waals surface area contributed by atoms with Crippen LogP contribution in [0, 0.1) is 10.1 Å². The van der Waals surface area contributed by atoms with Crippen LogP contribution in [0.1, 0.15) is 10.4 Å². The number of carbonyl (C=O) groups is 1. The van der Waals surface area contributed by atoms with Crippen molar-refractivity contribution in [2.24, 2.45) is 0 Å². The Kier molecular flexibility index (Phi) is 3.42. The van der Waals surface area contributed by atoms with Gasteiger partial charge in [-0.2, -0.15) is 8.42 Å². The molecule has 17 heavy (non-hydrogen) atoms. The Morgan fingerprint density at radius 3 is 2.47 bits per heavy atom. The van der Waals surface area contributed by atoms with Crippen molar-refractivity contribution >= 4 is 21.9 Å². The third-order valence-corrected chi connectivity index (χ3v) is 2.71. The predicted octanol–water partition coefficient (Wildman–Crippen LogP) is 1.04. The molecule has 0 aliphatic heterocycles. The minimum Gasteiger partial charge on any atom is -0.465 e. The van der Waals surface area contributed by atoms with Gasteiger partial charge in [0.15, 0.2) is 4.90 Å². The number of esters is 1. The van der Waals surface area contributed by atoms with E-state index in [2.05, 4.69) is 4.74 Å². The van der Waals surface area contributed by atoms with Crippen molar-refractivity contribution in [3.8, 4) is 0 Å². The van der Waals surface area contributed by atoms with E-state index in [0.717, 1.165) is 13.2 Å². The van der Waals surface area contributed by atoms with Gasteiger partial charge >= 0.3 is 16.2 Å². The molecule has 0 heterocycles. The molecule has 0 saturated heterocycles. The average molecular weight is 263 g/mol. The molecule has 0 aromatic heterocycles. The van der Waals surface area contributed by atoms with E-state index in [-0.39, 0.29) is 5.56 Å². The lowest BCUT2D eigenvalue weighted by Gasteiger charge is -2.01. The van der Waals surface area contributed by atoms with Gasteiger partial charge in [-0.25, -0.2) is 4.79 Å². The molecule has 92 valence electrons. The number of ether oxygens (including phenoxy) is 1. The number of nitro groups is 1. The monoisotopic (exact) mass is 263 g/mol. The standard InChI is InChI=1S/C8H6FNO6S/c1-16-8(11)5-2-3-7(17(9,14)15)6(4-5)10(12)13/h2-4H,1H3. The lowest BCUT2D eigenvalue weighted by Crippen LogP contribution is -2.05. The first kappa shape index (κ1) is 13.0. The SMILES string of the molecule is COC(=O)c1ccc(S(=O)(=O)F)c([N+](=O)[O-])c1. The van der Waals surface area contributed by atoms with Gasteiger partial charge in [-0.05, 0) is 12.1 Å². The number of benzene rings is 1. The van der Waals surface area contributed by atoms with Crippen LogP contribution in [-0.2, 0) is 15.0 Å². The molecule has 0 aliphatic rings. The summed E-state index contributed by atoms with van der Waals surface area (Å²) in [6.07, 6.45) is 0. The fraction of sp³-hybridized carbons (Fsp3) is 0.125. The number of hydrogen-bond acceptors (Lipinski definition) is 6. The van der Waals surface area contributed by atoms with Gasteiger partial charge in [0.05, 0.1) is 17.6 Å². The number of nitro benzene ring substituents is 1. The summed E-state index contributed by atoms with van der Waals surface area (Å²) in [6.45, 7) is 0. The molecular weight excluding hydrogens is 257 g/mol. The maximum absolute atomic E-state index is 12.7. The van der Waals surface area contributed by atoms with Crippen molar-refractivity contribution < 1.29 is 26.8 Å². The van der Waals surface area contributed by atoms with E-state index < -0.39 is 31.7 Å². The van der Waals surface area contributed by atoms with Crippen LogP contribution in [0.15, 0.2) is 23.1 Å². The third-order valence-electron chi connectivity index (χ3n) is 1.84. The Balaban J connectivity index is 3.48.